The lowest BCUT2D eigenvalue weighted by Gasteiger charge is -2.34. The molecule has 2 nitrogen and oxygen atoms in total. The summed E-state index contributed by atoms with van der Waals surface area (Å²) in [5, 5.41) is 8.75. The molecular weight excluding hydrogens is 280 g/mol. The van der Waals surface area contributed by atoms with Crippen molar-refractivity contribution in [3.05, 3.63) is 72.8 Å². The Kier molecular flexibility index (Phi) is 3.86. The summed E-state index contributed by atoms with van der Waals surface area (Å²) in [5.41, 5.74) is 1.37. The Morgan fingerprint density at radius 2 is 1.57 bits per heavy atom. The fourth-order valence-electron chi connectivity index (χ4n) is 3.76. The molecule has 3 aromatic carbocycles. The van der Waals surface area contributed by atoms with Gasteiger partial charge in [-0.05, 0) is 33.2 Å². The van der Waals surface area contributed by atoms with Crippen molar-refractivity contribution in [1.82, 2.24) is 10.2 Å². The lowest BCUT2D eigenvalue weighted by molar-refractivity contribution is 0.204. The van der Waals surface area contributed by atoms with Gasteiger partial charge in [-0.15, -0.1) is 6.58 Å². The van der Waals surface area contributed by atoms with E-state index >= 15 is 0 Å². The van der Waals surface area contributed by atoms with E-state index in [1.54, 1.807) is 0 Å². The van der Waals surface area contributed by atoms with E-state index in [1.165, 1.54) is 27.1 Å². The van der Waals surface area contributed by atoms with E-state index in [4.69, 9.17) is 0 Å². The molecule has 1 aliphatic heterocycles. The Balaban J connectivity index is 1.94. The predicted molar refractivity (Wildman–Crippen MR) is 98.8 cm³/mol. The molecule has 0 bridgehead atoms. The Morgan fingerprint density at radius 1 is 0.913 bits per heavy atom. The second kappa shape index (κ2) is 6.15. The van der Waals surface area contributed by atoms with Crippen LogP contribution >= 0.6 is 0 Å². The van der Waals surface area contributed by atoms with Crippen molar-refractivity contribution in [2.45, 2.75) is 6.04 Å². The van der Waals surface area contributed by atoms with Gasteiger partial charge < -0.3 is 5.32 Å². The Bertz CT molecular complexity index is 847. The van der Waals surface area contributed by atoms with Crippen molar-refractivity contribution in [3.8, 4) is 0 Å². The smallest absolute Gasteiger partial charge is 0.0536 e. The zero-order valence-electron chi connectivity index (χ0n) is 13.3. The van der Waals surface area contributed by atoms with Crippen LogP contribution in [-0.2, 0) is 0 Å². The standard InChI is InChI=1S/C21H22N2/c1-2-21(23-13-11-22-12-14-23)20-15-16-7-3-4-8-17(16)18-9-5-6-10-19(18)20/h2-10,15,21-22H,1,11-14H2/t21-/m1/s1. The second-order valence-electron chi connectivity index (χ2n) is 6.20. The van der Waals surface area contributed by atoms with Gasteiger partial charge >= 0.3 is 0 Å². The number of piperazine rings is 1. The summed E-state index contributed by atoms with van der Waals surface area (Å²) in [6.07, 6.45) is 2.10. The average Bonchev–Trinajstić information content (AvgIpc) is 2.63. The van der Waals surface area contributed by atoms with E-state index in [0.29, 0.717) is 0 Å². The lowest BCUT2D eigenvalue weighted by Crippen LogP contribution is -2.44. The van der Waals surface area contributed by atoms with E-state index in [1.807, 2.05) is 0 Å². The quantitative estimate of drug-likeness (QED) is 0.578. The third-order valence-corrected chi connectivity index (χ3v) is 4.89. The van der Waals surface area contributed by atoms with Gasteiger partial charge in [0.15, 0.2) is 0 Å². The van der Waals surface area contributed by atoms with Crippen LogP contribution in [0.1, 0.15) is 11.6 Å². The van der Waals surface area contributed by atoms with Crippen LogP contribution in [0.25, 0.3) is 21.5 Å². The molecule has 0 amide bonds. The first kappa shape index (κ1) is 14.4. The van der Waals surface area contributed by atoms with Crippen molar-refractivity contribution in [3.63, 3.8) is 0 Å². The summed E-state index contributed by atoms with van der Waals surface area (Å²) in [4.78, 5) is 2.53. The molecule has 0 unspecified atom stereocenters. The fraction of sp³-hybridized carbons (Fsp3) is 0.238. The molecule has 4 rings (SSSR count). The maximum absolute atomic E-state index is 4.14. The molecule has 1 atom stereocenters. The van der Waals surface area contributed by atoms with Gasteiger partial charge in [0.25, 0.3) is 0 Å². The summed E-state index contributed by atoms with van der Waals surface area (Å²) < 4.78 is 0. The van der Waals surface area contributed by atoms with E-state index in [9.17, 15) is 0 Å². The van der Waals surface area contributed by atoms with Crippen molar-refractivity contribution in [1.29, 1.82) is 0 Å². The van der Waals surface area contributed by atoms with E-state index < -0.39 is 0 Å². The first-order valence-electron chi connectivity index (χ1n) is 8.36. The Hall–Kier alpha value is -2.16. The van der Waals surface area contributed by atoms with Crippen LogP contribution in [0, 0.1) is 0 Å². The van der Waals surface area contributed by atoms with Crippen LogP contribution in [0.5, 0.6) is 0 Å². The zero-order valence-corrected chi connectivity index (χ0v) is 13.3. The molecule has 0 aliphatic carbocycles. The normalized spacial score (nSPS) is 17.4. The molecule has 0 radical (unpaired) electrons. The van der Waals surface area contributed by atoms with Crippen molar-refractivity contribution < 1.29 is 0 Å². The largest absolute Gasteiger partial charge is 0.314 e. The molecule has 1 saturated heterocycles. The minimum Gasteiger partial charge on any atom is -0.314 e. The topological polar surface area (TPSA) is 15.3 Å². The highest BCUT2D eigenvalue weighted by atomic mass is 15.2. The van der Waals surface area contributed by atoms with Crippen molar-refractivity contribution >= 4 is 21.5 Å². The molecule has 0 spiro atoms. The lowest BCUT2D eigenvalue weighted by atomic mass is 9.92. The highest BCUT2D eigenvalue weighted by molar-refractivity contribution is 6.09. The van der Waals surface area contributed by atoms with Crippen LogP contribution in [0.3, 0.4) is 0 Å². The van der Waals surface area contributed by atoms with Gasteiger partial charge in [-0.2, -0.15) is 0 Å². The van der Waals surface area contributed by atoms with Gasteiger partial charge in [-0.1, -0.05) is 54.6 Å². The molecular formula is C21H22N2. The second-order valence-corrected chi connectivity index (χ2v) is 6.20. The maximum Gasteiger partial charge on any atom is 0.0536 e. The third kappa shape index (κ3) is 2.54. The number of rotatable bonds is 3. The van der Waals surface area contributed by atoms with Crippen molar-refractivity contribution in [2.24, 2.45) is 0 Å². The molecule has 1 fully saturated rings. The SMILES string of the molecule is C=C[C@H](c1cc2ccccc2c2ccccc12)N1CCNCC1. The van der Waals surface area contributed by atoms with Gasteiger partial charge in [0.05, 0.1) is 6.04 Å². The maximum atomic E-state index is 4.14. The molecule has 116 valence electrons. The van der Waals surface area contributed by atoms with Gasteiger partial charge in [0.2, 0.25) is 0 Å². The highest BCUT2D eigenvalue weighted by Gasteiger charge is 2.21. The number of hydrogen-bond acceptors (Lipinski definition) is 2. The zero-order chi connectivity index (χ0) is 15.6. The summed E-state index contributed by atoms with van der Waals surface area (Å²) >= 11 is 0. The summed E-state index contributed by atoms with van der Waals surface area (Å²) in [6, 6.07) is 20.0. The molecule has 2 heteroatoms. The molecule has 1 heterocycles. The van der Waals surface area contributed by atoms with Gasteiger partial charge in [0, 0.05) is 26.2 Å². The fourth-order valence-corrected chi connectivity index (χ4v) is 3.76. The molecule has 3 aromatic rings. The van der Waals surface area contributed by atoms with Crippen LogP contribution < -0.4 is 5.32 Å². The molecule has 1 aliphatic rings. The minimum absolute atomic E-state index is 0.270. The number of nitrogens with one attached hydrogen (secondary N) is 1. The van der Waals surface area contributed by atoms with Crippen LogP contribution in [0.4, 0.5) is 0 Å². The first-order valence-corrected chi connectivity index (χ1v) is 8.36. The number of hydrogen-bond donors (Lipinski definition) is 1. The monoisotopic (exact) mass is 302 g/mol. The van der Waals surface area contributed by atoms with Crippen LogP contribution in [-0.4, -0.2) is 31.1 Å². The molecule has 0 aromatic heterocycles. The van der Waals surface area contributed by atoms with E-state index in [0.717, 1.165) is 26.2 Å². The number of nitrogens with zero attached hydrogens (tertiary/aromatic N) is 1. The number of benzene rings is 3. The van der Waals surface area contributed by atoms with Gasteiger partial charge in [-0.25, -0.2) is 0 Å². The highest BCUT2D eigenvalue weighted by Crippen LogP contribution is 2.34. The molecule has 1 N–H and O–H groups in total. The average molecular weight is 302 g/mol. The minimum atomic E-state index is 0.270. The van der Waals surface area contributed by atoms with Crippen LogP contribution in [0.2, 0.25) is 0 Å². The third-order valence-electron chi connectivity index (χ3n) is 4.89. The molecule has 23 heavy (non-hydrogen) atoms. The Labute approximate surface area is 137 Å². The molecule has 0 saturated carbocycles. The van der Waals surface area contributed by atoms with Crippen LogP contribution in [0.15, 0.2) is 67.3 Å². The van der Waals surface area contributed by atoms with E-state index in [2.05, 4.69) is 77.5 Å². The first-order chi connectivity index (χ1) is 11.4. The summed E-state index contributed by atoms with van der Waals surface area (Å²) in [5.74, 6) is 0. The number of fused-ring (bicyclic) bond motifs is 3. The van der Waals surface area contributed by atoms with Gasteiger partial charge in [-0.3, -0.25) is 4.90 Å². The Morgan fingerprint density at radius 3 is 2.30 bits per heavy atom. The van der Waals surface area contributed by atoms with E-state index in [-0.39, 0.29) is 6.04 Å². The summed E-state index contributed by atoms with van der Waals surface area (Å²) in [7, 11) is 0. The summed E-state index contributed by atoms with van der Waals surface area (Å²) in [6.45, 7) is 8.37. The van der Waals surface area contributed by atoms with Gasteiger partial charge in [0.1, 0.15) is 0 Å². The predicted octanol–water partition coefficient (Wildman–Crippen LogP) is 4.13. The van der Waals surface area contributed by atoms with Crippen molar-refractivity contribution in [2.75, 3.05) is 26.2 Å².